The smallest absolute Gasteiger partial charge is 0.335 e. The first-order chi connectivity index (χ1) is 10.2. The van der Waals surface area contributed by atoms with E-state index >= 15 is 0 Å². The Balaban J connectivity index is 1.76. The number of carbonyl (C=O) groups excluding carboxylic acids is 1. The van der Waals surface area contributed by atoms with E-state index in [-0.39, 0.29) is 11.6 Å². The van der Waals surface area contributed by atoms with Gasteiger partial charge in [0.25, 0.3) is 0 Å². The number of carboxylic acids is 1. The second kappa shape index (κ2) is 7.64. The monoisotopic (exact) mass is 291 g/mol. The molecule has 2 amide bonds. The van der Waals surface area contributed by atoms with Crippen molar-refractivity contribution in [1.82, 2.24) is 15.8 Å². The highest BCUT2D eigenvalue weighted by atomic mass is 16.4. The van der Waals surface area contributed by atoms with Gasteiger partial charge < -0.3 is 10.4 Å². The van der Waals surface area contributed by atoms with E-state index in [1.54, 1.807) is 24.3 Å². The number of urea groups is 1. The Bertz CT molecular complexity index is 499. The molecular weight excluding hydrogens is 270 g/mol. The van der Waals surface area contributed by atoms with E-state index in [0.717, 1.165) is 31.5 Å². The number of carbonyl (C=O) groups is 2. The highest BCUT2D eigenvalue weighted by Crippen LogP contribution is 2.09. The van der Waals surface area contributed by atoms with Crippen molar-refractivity contribution in [2.24, 2.45) is 0 Å². The lowest BCUT2D eigenvalue weighted by molar-refractivity contribution is 0.0695. The molecule has 1 aliphatic rings. The zero-order valence-electron chi connectivity index (χ0n) is 12.0. The zero-order valence-corrected chi connectivity index (χ0v) is 12.0. The van der Waals surface area contributed by atoms with Crippen molar-refractivity contribution in [3.63, 3.8) is 0 Å². The SMILES string of the molecule is O=C(NCCc1ccccc1C(=O)O)NN1CCCCC1. The summed E-state index contributed by atoms with van der Waals surface area (Å²) in [4.78, 5) is 22.8. The van der Waals surface area contributed by atoms with Crippen LogP contribution in [0.1, 0.15) is 35.2 Å². The van der Waals surface area contributed by atoms with Crippen molar-refractivity contribution < 1.29 is 14.7 Å². The molecule has 21 heavy (non-hydrogen) atoms. The minimum absolute atomic E-state index is 0.232. The summed E-state index contributed by atoms with van der Waals surface area (Å²) in [6.45, 7) is 2.18. The molecule has 0 aromatic heterocycles. The van der Waals surface area contributed by atoms with E-state index in [1.807, 2.05) is 5.01 Å². The van der Waals surface area contributed by atoms with Gasteiger partial charge in [-0.3, -0.25) is 5.43 Å². The number of hydrogen-bond acceptors (Lipinski definition) is 3. The third kappa shape index (κ3) is 4.75. The number of carboxylic acid groups (broad SMARTS) is 1. The molecule has 0 saturated carbocycles. The summed E-state index contributed by atoms with van der Waals surface area (Å²) in [6.07, 6.45) is 3.92. The van der Waals surface area contributed by atoms with Gasteiger partial charge in [0.2, 0.25) is 0 Å². The molecule has 3 N–H and O–H groups in total. The molecule has 1 aromatic rings. The number of nitrogens with zero attached hydrogens (tertiary/aromatic N) is 1. The van der Waals surface area contributed by atoms with Gasteiger partial charge >= 0.3 is 12.0 Å². The van der Waals surface area contributed by atoms with E-state index in [2.05, 4.69) is 10.7 Å². The maximum absolute atomic E-state index is 11.7. The Hall–Kier alpha value is -2.08. The Morgan fingerprint density at radius 3 is 2.57 bits per heavy atom. The lowest BCUT2D eigenvalue weighted by Crippen LogP contribution is -2.49. The van der Waals surface area contributed by atoms with Gasteiger partial charge in [0.15, 0.2) is 0 Å². The third-order valence-electron chi connectivity index (χ3n) is 3.54. The highest BCUT2D eigenvalue weighted by Gasteiger charge is 2.13. The lowest BCUT2D eigenvalue weighted by Gasteiger charge is -2.26. The fourth-order valence-electron chi connectivity index (χ4n) is 2.45. The third-order valence-corrected chi connectivity index (χ3v) is 3.54. The number of hydrogen-bond donors (Lipinski definition) is 3. The van der Waals surface area contributed by atoms with Crippen LogP contribution in [0, 0.1) is 0 Å². The average molecular weight is 291 g/mol. The van der Waals surface area contributed by atoms with Gasteiger partial charge in [0.1, 0.15) is 0 Å². The molecule has 0 radical (unpaired) electrons. The highest BCUT2D eigenvalue weighted by molar-refractivity contribution is 5.89. The fourth-order valence-corrected chi connectivity index (χ4v) is 2.45. The predicted molar refractivity (Wildman–Crippen MR) is 79.1 cm³/mol. The van der Waals surface area contributed by atoms with Crippen molar-refractivity contribution in [3.05, 3.63) is 35.4 Å². The maximum Gasteiger partial charge on any atom is 0.335 e. The summed E-state index contributed by atoms with van der Waals surface area (Å²) in [6, 6.07) is 6.61. The summed E-state index contributed by atoms with van der Waals surface area (Å²) in [7, 11) is 0. The van der Waals surface area contributed by atoms with Crippen LogP contribution in [-0.4, -0.2) is 41.8 Å². The fraction of sp³-hybridized carbons (Fsp3) is 0.467. The van der Waals surface area contributed by atoms with Gasteiger partial charge in [-0.05, 0) is 30.9 Å². The van der Waals surface area contributed by atoms with Crippen LogP contribution in [-0.2, 0) is 6.42 Å². The van der Waals surface area contributed by atoms with Gasteiger partial charge in [-0.25, -0.2) is 14.6 Å². The zero-order chi connectivity index (χ0) is 15.1. The number of amides is 2. The predicted octanol–water partition coefficient (Wildman–Crippen LogP) is 1.63. The number of aromatic carboxylic acids is 1. The molecule has 0 unspecified atom stereocenters. The van der Waals surface area contributed by atoms with Crippen molar-refractivity contribution in [3.8, 4) is 0 Å². The molecule has 0 spiro atoms. The lowest BCUT2D eigenvalue weighted by atomic mass is 10.0. The van der Waals surface area contributed by atoms with Crippen LogP contribution in [0.15, 0.2) is 24.3 Å². The van der Waals surface area contributed by atoms with E-state index in [1.165, 1.54) is 6.42 Å². The maximum atomic E-state index is 11.7. The molecule has 0 atom stereocenters. The summed E-state index contributed by atoms with van der Waals surface area (Å²) in [5.74, 6) is -0.941. The van der Waals surface area contributed by atoms with Crippen LogP contribution in [0.25, 0.3) is 0 Å². The van der Waals surface area contributed by atoms with Crippen molar-refractivity contribution in [2.75, 3.05) is 19.6 Å². The van der Waals surface area contributed by atoms with Crippen molar-refractivity contribution in [2.45, 2.75) is 25.7 Å². The Labute approximate surface area is 124 Å². The summed E-state index contributed by atoms with van der Waals surface area (Å²) in [5, 5.41) is 13.8. The molecule has 1 heterocycles. The normalized spacial score (nSPS) is 15.4. The molecular formula is C15H21N3O3. The van der Waals surface area contributed by atoms with Crippen LogP contribution in [0.5, 0.6) is 0 Å². The van der Waals surface area contributed by atoms with E-state index in [0.29, 0.717) is 13.0 Å². The standard InChI is InChI=1S/C15H21N3O3/c19-14(20)13-7-3-2-6-12(13)8-9-16-15(21)17-18-10-4-1-5-11-18/h2-3,6-7H,1,4-5,8-11H2,(H,19,20)(H2,16,17,21). The molecule has 0 aliphatic carbocycles. The molecule has 6 heteroatoms. The van der Waals surface area contributed by atoms with Gasteiger partial charge in [0, 0.05) is 19.6 Å². The van der Waals surface area contributed by atoms with Crippen LogP contribution < -0.4 is 10.7 Å². The number of piperidine rings is 1. The molecule has 1 saturated heterocycles. The number of benzene rings is 1. The Morgan fingerprint density at radius 1 is 1.14 bits per heavy atom. The van der Waals surface area contributed by atoms with Gasteiger partial charge in [-0.2, -0.15) is 0 Å². The topological polar surface area (TPSA) is 81.7 Å². The molecule has 1 aliphatic heterocycles. The number of rotatable bonds is 5. The van der Waals surface area contributed by atoms with Crippen molar-refractivity contribution >= 4 is 12.0 Å². The summed E-state index contributed by atoms with van der Waals surface area (Å²) >= 11 is 0. The molecule has 0 bridgehead atoms. The van der Waals surface area contributed by atoms with Crippen LogP contribution in [0.4, 0.5) is 4.79 Å². The Morgan fingerprint density at radius 2 is 1.86 bits per heavy atom. The first kappa shape index (κ1) is 15.3. The second-order valence-corrected chi connectivity index (χ2v) is 5.13. The van der Waals surface area contributed by atoms with Crippen LogP contribution in [0.2, 0.25) is 0 Å². The largest absolute Gasteiger partial charge is 0.478 e. The minimum atomic E-state index is -0.941. The van der Waals surface area contributed by atoms with Gasteiger partial charge in [-0.15, -0.1) is 0 Å². The summed E-state index contributed by atoms with van der Waals surface area (Å²) < 4.78 is 0. The molecule has 1 fully saturated rings. The second-order valence-electron chi connectivity index (χ2n) is 5.13. The quantitative estimate of drug-likeness (QED) is 0.770. The van der Waals surface area contributed by atoms with Gasteiger partial charge in [-0.1, -0.05) is 24.6 Å². The Kier molecular flexibility index (Phi) is 5.57. The van der Waals surface area contributed by atoms with Crippen LogP contribution >= 0.6 is 0 Å². The first-order valence-corrected chi connectivity index (χ1v) is 7.27. The molecule has 6 nitrogen and oxygen atoms in total. The van der Waals surface area contributed by atoms with Gasteiger partial charge in [0.05, 0.1) is 5.56 Å². The number of nitrogens with one attached hydrogen (secondary N) is 2. The van der Waals surface area contributed by atoms with Crippen LogP contribution in [0.3, 0.4) is 0 Å². The first-order valence-electron chi connectivity index (χ1n) is 7.27. The minimum Gasteiger partial charge on any atom is -0.478 e. The van der Waals surface area contributed by atoms with E-state index < -0.39 is 5.97 Å². The average Bonchev–Trinajstić information content (AvgIpc) is 2.48. The van der Waals surface area contributed by atoms with Crippen molar-refractivity contribution in [1.29, 1.82) is 0 Å². The molecule has 114 valence electrons. The molecule has 1 aromatic carbocycles. The van der Waals surface area contributed by atoms with E-state index in [4.69, 9.17) is 5.11 Å². The molecule has 2 rings (SSSR count). The number of hydrazine groups is 1. The summed E-state index contributed by atoms with van der Waals surface area (Å²) in [5.41, 5.74) is 3.82. The van der Waals surface area contributed by atoms with E-state index in [9.17, 15) is 9.59 Å².